The molecule has 1 rings (SSSR count). The maximum Gasteiger partial charge on any atom is 0.0940 e. The predicted molar refractivity (Wildman–Crippen MR) is 35.1 cm³/mol. The van der Waals surface area contributed by atoms with Crippen LogP contribution in [-0.4, -0.2) is 23.8 Å². The topological polar surface area (TPSA) is 15.6 Å². The maximum atomic E-state index is 5.48. The van der Waals surface area contributed by atoms with Gasteiger partial charge in [0.05, 0.1) is 12.3 Å². The molecule has 1 aliphatic rings. The van der Waals surface area contributed by atoms with Crippen LogP contribution in [0.25, 0.3) is 0 Å². The van der Waals surface area contributed by atoms with Gasteiger partial charge in [0.2, 0.25) is 0 Å². The first-order valence-corrected chi connectivity index (χ1v) is 2.95. The summed E-state index contributed by atoms with van der Waals surface area (Å²) >= 11 is 5.48. The van der Waals surface area contributed by atoms with Crippen LogP contribution in [0, 0.1) is 0 Å². The predicted octanol–water partition coefficient (Wildman–Crippen LogP) is 1.04. The van der Waals surface area contributed by atoms with Crippen molar-refractivity contribution in [1.82, 2.24) is 4.90 Å². The van der Waals surface area contributed by atoms with Crippen molar-refractivity contribution < 1.29 is 0 Å². The van der Waals surface area contributed by atoms with Crippen molar-refractivity contribution in [2.75, 3.05) is 12.5 Å². The fourth-order valence-corrected chi connectivity index (χ4v) is 0.662. The van der Waals surface area contributed by atoms with Crippen molar-refractivity contribution in [3.63, 3.8) is 0 Å². The molecule has 0 aliphatic carbocycles. The first kappa shape index (κ1) is 5.63. The van der Waals surface area contributed by atoms with Gasteiger partial charge in [0.15, 0.2) is 0 Å². The minimum Gasteiger partial charge on any atom is -0.345 e. The Balaban J connectivity index is 2.40. The lowest BCUT2D eigenvalue weighted by molar-refractivity contribution is 0.549. The molecule has 0 radical (unpaired) electrons. The molecule has 0 saturated carbocycles. The third-order valence-electron chi connectivity index (χ3n) is 0.915. The first-order valence-electron chi connectivity index (χ1n) is 2.42. The van der Waals surface area contributed by atoms with E-state index in [4.69, 9.17) is 11.6 Å². The van der Waals surface area contributed by atoms with Crippen LogP contribution in [-0.2, 0) is 0 Å². The molecule has 0 aromatic carbocycles. The summed E-state index contributed by atoms with van der Waals surface area (Å²) < 4.78 is 0. The SMILES string of the molecule is ClCN1C=NC=CC1. The quantitative estimate of drug-likeness (QED) is 0.383. The van der Waals surface area contributed by atoms with Crippen molar-refractivity contribution in [2.45, 2.75) is 0 Å². The van der Waals surface area contributed by atoms with E-state index in [1.165, 1.54) is 0 Å². The number of rotatable bonds is 1. The minimum atomic E-state index is 0.522. The van der Waals surface area contributed by atoms with Crippen LogP contribution in [0.3, 0.4) is 0 Å². The van der Waals surface area contributed by atoms with Crippen molar-refractivity contribution in [1.29, 1.82) is 0 Å². The van der Waals surface area contributed by atoms with Gasteiger partial charge in [-0.2, -0.15) is 0 Å². The zero-order chi connectivity index (χ0) is 5.82. The van der Waals surface area contributed by atoms with Crippen LogP contribution in [0.1, 0.15) is 0 Å². The fraction of sp³-hybridized carbons (Fsp3) is 0.400. The summed E-state index contributed by atoms with van der Waals surface area (Å²) in [5.41, 5.74) is 0. The summed E-state index contributed by atoms with van der Waals surface area (Å²) in [4.78, 5) is 5.77. The van der Waals surface area contributed by atoms with E-state index in [1.807, 2.05) is 11.0 Å². The molecule has 2 nitrogen and oxygen atoms in total. The van der Waals surface area contributed by atoms with E-state index in [1.54, 1.807) is 12.5 Å². The van der Waals surface area contributed by atoms with Crippen LogP contribution in [0.5, 0.6) is 0 Å². The average Bonchev–Trinajstić information content (AvgIpc) is 1.90. The van der Waals surface area contributed by atoms with E-state index in [2.05, 4.69) is 4.99 Å². The van der Waals surface area contributed by atoms with Gasteiger partial charge in [-0.15, -0.1) is 11.6 Å². The second-order valence-electron chi connectivity index (χ2n) is 1.54. The van der Waals surface area contributed by atoms with Crippen molar-refractivity contribution in [3.8, 4) is 0 Å². The Morgan fingerprint density at radius 1 is 1.75 bits per heavy atom. The summed E-state index contributed by atoms with van der Waals surface area (Å²) in [6.45, 7) is 0.882. The normalized spacial score (nSPS) is 17.4. The third kappa shape index (κ3) is 1.23. The van der Waals surface area contributed by atoms with Crippen molar-refractivity contribution >= 4 is 17.9 Å². The second-order valence-corrected chi connectivity index (χ2v) is 1.78. The first-order chi connectivity index (χ1) is 3.93. The van der Waals surface area contributed by atoms with Gasteiger partial charge in [-0.05, 0) is 6.08 Å². The fourth-order valence-electron chi connectivity index (χ4n) is 0.503. The average molecular weight is 131 g/mol. The number of hydrogen-bond acceptors (Lipinski definition) is 2. The molecule has 1 aliphatic heterocycles. The highest BCUT2D eigenvalue weighted by molar-refractivity contribution is 6.18. The van der Waals surface area contributed by atoms with Gasteiger partial charge < -0.3 is 4.90 Å². The molecule has 0 bridgehead atoms. The highest BCUT2D eigenvalue weighted by Crippen LogP contribution is 1.92. The van der Waals surface area contributed by atoms with E-state index in [0.717, 1.165) is 6.54 Å². The van der Waals surface area contributed by atoms with Crippen molar-refractivity contribution in [2.24, 2.45) is 4.99 Å². The van der Waals surface area contributed by atoms with E-state index >= 15 is 0 Å². The molecule has 0 atom stereocenters. The Hall–Kier alpha value is -0.500. The molecule has 44 valence electrons. The van der Waals surface area contributed by atoms with Crippen LogP contribution < -0.4 is 0 Å². The maximum absolute atomic E-state index is 5.48. The highest BCUT2D eigenvalue weighted by atomic mass is 35.5. The second kappa shape index (κ2) is 2.72. The van der Waals surface area contributed by atoms with Gasteiger partial charge in [-0.3, -0.25) is 0 Å². The lowest BCUT2D eigenvalue weighted by Crippen LogP contribution is -2.21. The Bertz CT molecular complexity index is 120. The zero-order valence-corrected chi connectivity index (χ0v) is 5.17. The number of hydrogen-bond donors (Lipinski definition) is 0. The molecular formula is C5H7ClN2. The number of halogens is 1. The van der Waals surface area contributed by atoms with Crippen molar-refractivity contribution in [3.05, 3.63) is 12.3 Å². The molecular weight excluding hydrogens is 124 g/mol. The molecule has 0 unspecified atom stereocenters. The van der Waals surface area contributed by atoms with Crippen LogP contribution in [0.4, 0.5) is 0 Å². The van der Waals surface area contributed by atoms with Gasteiger partial charge in [-0.25, -0.2) is 4.99 Å². The van der Waals surface area contributed by atoms with Gasteiger partial charge in [0.25, 0.3) is 0 Å². The lowest BCUT2D eigenvalue weighted by Gasteiger charge is -2.14. The molecule has 3 heteroatoms. The van der Waals surface area contributed by atoms with Gasteiger partial charge in [-0.1, -0.05) is 0 Å². The zero-order valence-electron chi connectivity index (χ0n) is 4.42. The monoisotopic (exact) mass is 130 g/mol. The molecule has 0 aromatic heterocycles. The van der Waals surface area contributed by atoms with Crippen LogP contribution in [0.15, 0.2) is 17.3 Å². The van der Waals surface area contributed by atoms with Crippen LogP contribution >= 0.6 is 11.6 Å². The third-order valence-corrected chi connectivity index (χ3v) is 1.22. The number of nitrogens with zero attached hydrogens (tertiary/aromatic N) is 2. The number of aliphatic imine (C=N–C) groups is 1. The standard InChI is InChI=1S/C5H7ClN2/c6-4-8-3-1-2-7-5-8/h1-2,5H,3-4H2. The Morgan fingerprint density at radius 2 is 2.62 bits per heavy atom. The molecule has 0 saturated heterocycles. The molecule has 8 heavy (non-hydrogen) atoms. The van der Waals surface area contributed by atoms with Gasteiger partial charge >= 0.3 is 0 Å². The summed E-state index contributed by atoms with van der Waals surface area (Å²) in [5.74, 6) is 0. The van der Waals surface area contributed by atoms with E-state index < -0.39 is 0 Å². The minimum absolute atomic E-state index is 0.522. The molecule has 0 amide bonds. The summed E-state index contributed by atoms with van der Waals surface area (Å²) in [6, 6.07) is 0.522. The Kier molecular flexibility index (Phi) is 1.92. The number of alkyl halides is 1. The highest BCUT2D eigenvalue weighted by Gasteiger charge is 1.94. The Labute approximate surface area is 53.5 Å². The smallest absolute Gasteiger partial charge is 0.0940 e. The molecule has 0 spiro atoms. The molecule has 0 aromatic rings. The van der Waals surface area contributed by atoms with Gasteiger partial charge in [0.1, 0.15) is 0 Å². The summed E-state index contributed by atoms with van der Waals surface area (Å²) in [6.07, 6.45) is 5.46. The van der Waals surface area contributed by atoms with E-state index in [0.29, 0.717) is 6.00 Å². The van der Waals surface area contributed by atoms with Gasteiger partial charge in [0, 0.05) is 12.7 Å². The molecule has 0 fully saturated rings. The summed E-state index contributed by atoms with van der Waals surface area (Å²) in [7, 11) is 0. The van der Waals surface area contributed by atoms with E-state index in [9.17, 15) is 0 Å². The van der Waals surface area contributed by atoms with Crippen LogP contribution in [0.2, 0.25) is 0 Å². The molecule has 0 N–H and O–H groups in total. The Morgan fingerprint density at radius 3 is 3.00 bits per heavy atom. The lowest BCUT2D eigenvalue weighted by atomic mass is 10.5. The van der Waals surface area contributed by atoms with E-state index in [-0.39, 0.29) is 0 Å². The summed E-state index contributed by atoms with van der Waals surface area (Å²) in [5, 5.41) is 0. The molecule has 1 heterocycles. The largest absolute Gasteiger partial charge is 0.345 e.